The second-order valence-corrected chi connectivity index (χ2v) is 4.29. The number of nitrogens with one attached hydrogen (secondary N) is 1. The van der Waals surface area contributed by atoms with E-state index in [4.69, 9.17) is 0 Å². The summed E-state index contributed by atoms with van der Waals surface area (Å²) >= 11 is 0. The van der Waals surface area contributed by atoms with Gasteiger partial charge < -0.3 is 10.1 Å². The zero-order chi connectivity index (χ0) is 13.5. The van der Waals surface area contributed by atoms with Crippen molar-refractivity contribution in [1.29, 1.82) is 0 Å². The lowest BCUT2D eigenvalue weighted by atomic mass is 9.96. The van der Waals surface area contributed by atoms with Crippen molar-refractivity contribution in [2.24, 2.45) is 5.92 Å². The summed E-state index contributed by atoms with van der Waals surface area (Å²) in [5, 5.41) is 3.30. The quantitative estimate of drug-likeness (QED) is 0.787. The number of nitrogens with zero attached hydrogens (tertiary/aromatic N) is 2. The molecule has 0 saturated carbocycles. The zero-order valence-electron chi connectivity index (χ0n) is 11.4. The largest absolute Gasteiger partial charge is 0.464 e. The maximum atomic E-state index is 11.2. The minimum atomic E-state index is -0.470. The monoisotopic (exact) mass is 251 g/mol. The van der Waals surface area contributed by atoms with Crippen molar-refractivity contribution in [3.63, 3.8) is 0 Å². The van der Waals surface area contributed by atoms with E-state index in [0.29, 0.717) is 17.8 Å². The third-order valence-electron chi connectivity index (χ3n) is 3.18. The highest BCUT2D eigenvalue weighted by Gasteiger charge is 2.14. The molecule has 0 amide bonds. The number of aromatic nitrogens is 2. The Morgan fingerprint density at radius 2 is 2.00 bits per heavy atom. The highest BCUT2D eigenvalue weighted by atomic mass is 16.5. The molecule has 1 N–H and O–H groups in total. The Morgan fingerprint density at radius 1 is 1.33 bits per heavy atom. The number of esters is 1. The minimum absolute atomic E-state index is 0.221. The van der Waals surface area contributed by atoms with E-state index in [2.05, 4.69) is 40.8 Å². The van der Waals surface area contributed by atoms with Gasteiger partial charge in [0.15, 0.2) is 5.69 Å². The Morgan fingerprint density at radius 3 is 2.44 bits per heavy atom. The maximum absolute atomic E-state index is 11.2. The van der Waals surface area contributed by atoms with Crippen LogP contribution in [0, 0.1) is 5.92 Å². The van der Waals surface area contributed by atoms with Crippen LogP contribution in [0.4, 0.5) is 5.82 Å². The number of hydrogen-bond donors (Lipinski definition) is 1. The van der Waals surface area contributed by atoms with E-state index in [9.17, 15) is 4.79 Å². The Kier molecular flexibility index (Phi) is 5.55. The zero-order valence-corrected chi connectivity index (χ0v) is 11.4. The number of rotatable bonds is 6. The van der Waals surface area contributed by atoms with Gasteiger partial charge in [0, 0.05) is 6.04 Å². The van der Waals surface area contributed by atoms with Crippen LogP contribution >= 0.6 is 0 Å². The molecule has 1 aromatic heterocycles. The fourth-order valence-corrected chi connectivity index (χ4v) is 1.96. The number of carbonyl (C=O) groups is 1. The van der Waals surface area contributed by atoms with Gasteiger partial charge in [0.05, 0.1) is 19.5 Å². The van der Waals surface area contributed by atoms with Gasteiger partial charge in [0.2, 0.25) is 0 Å². The van der Waals surface area contributed by atoms with E-state index in [1.165, 1.54) is 13.3 Å². The smallest absolute Gasteiger partial charge is 0.358 e. The molecule has 18 heavy (non-hydrogen) atoms. The van der Waals surface area contributed by atoms with Gasteiger partial charge in [0.1, 0.15) is 5.82 Å². The third kappa shape index (κ3) is 3.68. The molecule has 0 radical (unpaired) electrons. The molecule has 1 aromatic rings. The van der Waals surface area contributed by atoms with Gasteiger partial charge >= 0.3 is 5.97 Å². The Hall–Kier alpha value is -1.65. The molecule has 1 rings (SSSR count). The van der Waals surface area contributed by atoms with E-state index < -0.39 is 5.97 Å². The maximum Gasteiger partial charge on any atom is 0.358 e. The number of methoxy groups -OCH3 is 1. The van der Waals surface area contributed by atoms with Crippen LogP contribution in [0.3, 0.4) is 0 Å². The lowest BCUT2D eigenvalue weighted by molar-refractivity contribution is 0.0593. The van der Waals surface area contributed by atoms with E-state index in [1.807, 2.05) is 0 Å². The van der Waals surface area contributed by atoms with E-state index in [-0.39, 0.29) is 5.69 Å². The van der Waals surface area contributed by atoms with Crippen molar-refractivity contribution in [2.45, 2.75) is 39.7 Å². The van der Waals surface area contributed by atoms with Crippen molar-refractivity contribution in [3.8, 4) is 0 Å². The average molecular weight is 251 g/mol. The van der Waals surface area contributed by atoms with Crippen LogP contribution < -0.4 is 5.32 Å². The summed E-state index contributed by atoms with van der Waals surface area (Å²) in [5.41, 5.74) is 0.221. The molecule has 0 aliphatic carbocycles. The number of anilines is 1. The summed E-state index contributed by atoms with van der Waals surface area (Å²) < 4.78 is 4.57. The van der Waals surface area contributed by atoms with Crippen molar-refractivity contribution in [1.82, 2.24) is 9.97 Å². The number of hydrogen-bond acceptors (Lipinski definition) is 5. The third-order valence-corrected chi connectivity index (χ3v) is 3.18. The lowest BCUT2D eigenvalue weighted by Crippen LogP contribution is -2.25. The summed E-state index contributed by atoms with van der Waals surface area (Å²) in [7, 11) is 1.32. The molecule has 0 aliphatic heterocycles. The molecule has 5 heteroatoms. The Balaban J connectivity index is 2.66. The Bertz CT molecular complexity index is 374. The van der Waals surface area contributed by atoms with Gasteiger partial charge in [-0.3, -0.25) is 0 Å². The van der Waals surface area contributed by atoms with E-state index >= 15 is 0 Å². The number of ether oxygens (including phenoxy) is 1. The first-order valence-electron chi connectivity index (χ1n) is 6.29. The summed E-state index contributed by atoms with van der Waals surface area (Å²) in [6.45, 7) is 6.49. The molecule has 5 nitrogen and oxygen atoms in total. The molecule has 100 valence electrons. The second-order valence-electron chi connectivity index (χ2n) is 4.29. The highest BCUT2D eigenvalue weighted by Crippen LogP contribution is 2.16. The van der Waals surface area contributed by atoms with Crippen LogP contribution in [0.5, 0.6) is 0 Å². The lowest BCUT2D eigenvalue weighted by Gasteiger charge is -2.22. The molecular formula is C13H21N3O2. The predicted molar refractivity (Wildman–Crippen MR) is 70.5 cm³/mol. The van der Waals surface area contributed by atoms with Crippen LogP contribution in [-0.2, 0) is 4.74 Å². The second kappa shape index (κ2) is 6.93. The molecule has 0 bridgehead atoms. The van der Waals surface area contributed by atoms with Crippen molar-refractivity contribution in [2.75, 3.05) is 12.4 Å². The van der Waals surface area contributed by atoms with Crippen molar-refractivity contribution >= 4 is 11.8 Å². The SMILES string of the molecule is CCC(CC)C(C)Nc1cnc(C(=O)OC)cn1. The van der Waals surface area contributed by atoms with Gasteiger partial charge in [0.25, 0.3) is 0 Å². The molecule has 0 fully saturated rings. The molecule has 0 saturated heterocycles. The fraction of sp³-hybridized carbons (Fsp3) is 0.615. The average Bonchev–Trinajstić information content (AvgIpc) is 2.40. The van der Waals surface area contributed by atoms with Crippen LogP contribution in [0.2, 0.25) is 0 Å². The fourth-order valence-electron chi connectivity index (χ4n) is 1.96. The molecule has 0 spiro atoms. The van der Waals surface area contributed by atoms with Crippen LogP contribution in [0.25, 0.3) is 0 Å². The van der Waals surface area contributed by atoms with Crippen LogP contribution in [0.15, 0.2) is 12.4 Å². The molecule has 0 aliphatic rings. The van der Waals surface area contributed by atoms with Gasteiger partial charge in [-0.2, -0.15) is 0 Å². The highest BCUT2D eigenvalue weighted by molar-refractivity contribution is 5.86. The van der Waals surface area contributed by atoms with Gasteiger partial charge in [-0.25, -0.2) is 14.8 Å². The molecule has 1 heterocycles. The first-order chi connectivity index (χ1) is 8.62. The molecule has 0 aromatic carbocycles. The van der Waals surface area contributed by atoms with Crippen molar-refractivity contribution < 1.29 is 9.53 Å². The molecular weight excluding hydrogens is 230 g/mol. The van der Waals surface area contributed by atoms with E-state index in [1.54, 1.807) is 6.20 Å². The molecule has 1 atom stereocenters. The summed E-state index contributed by atoms with van der Waals surface area (Å²) in [6.07, 6.45) is 5.23. The van der Waals surface area contributed by atoms with Crippen LogP contribution in [-0.4, -0.2) is 29.1 Å². The summed E-state index contributed by atoms with van der Waals surface area (Å²) in [4.78, 5) is 19.4. The first-order valence-corrected chi connectivity index (χ1v) is 6.29. The van der Waals surface area contributed by atoms with Gasteiger partial charge in [-0.05, 0) is 12.8 Å². The van der Waals surface area contributed by atoms with E-state index in [0.717, 1.165) is 12.8 Å². The normalized spacial score (nSPS) is 12.3. The minimum Gasteiger partial charge on any atom is -0.464 e. The van der Waals surface area contributed by atoms with Gasteiger partial charge in [-0.1, -0.05) is 26.7 Å². The standard InChI is InChI=1S/C13H21N3O2/c1-5-10(6-2)9(3)16-12-8-14-11(7-15-12)13(17)18-4/h7-10H,5-6H2,1-4H3,(H,15,16). The van der Waals surface area contributed by atoms with Crippen molar-refractivity contribution in [3.05, 3.63) is 18.1 Å². The Labute approximate surface area is 108 Å². The van der Waals surface area contributed by atoms with Gasteiger partial charge in [-0.15, -0.1) is 0 Å². The number of carbonyl (C=O) groups excluding carboxylic acids is 1. The summed E-state index contributed by atoms with van der Waals surface area (Å²) in [6, 6.07) is 0.332. The molecule has 1 unspecified atom stereocenters. The first kappa shape index (κ1) is 14.4. The summed E-state index contributed by atoms with van der Waals surface area (Å²) in [5.74, 6) is 0.816. The topological polar surface area (TPSA) is 64.1 Å². The predicted octanol–water partition coefficient (Wildman–Crippen LogP) is 2.50. The van der Waals surface area contributed by atoms with Crippen LogP contribution in [0.1, 0.15) is 44.1 Å².